The maximum Gasteiger partial charge on any atom is 0.322 e. The van der Waals surface area contributed by atoms with Crippen LogP contribution in [0.3, 0.4) is 0 Å². The summed E-state index contributed by atoms with van der Waals surface area (Å²) in [6, 6.07) is 0.00570. The highest BCUT2D eigenvalue weighted by molar-refractivity contribution is 9.10. The number of carboxylic acids is 1. The summed E-state index contributed by atoms with van der Waals surface area (Å²) in [5, 5.41) is 8.98. The summed E-state index contributed by atoms with van der Waals surface area (Å²) in [5.41, 5.74) is 0. The number of hydrogen-bond donors (Lipinski definition) is 1. The molecule has 9 heteroatoms. The van der Waals surface area contributed by atoms with Gasteiger partial charge in [0.25, 0.3) is 0 Å². The van der Waals surface area contributed by atoms with Crippen molar-refractivity contribution in [1.29, 1.82) is 0 Å². The van der Waals surface area contributed by atoms with Crippen molar-refractivity contribution in [1.82, 2.24) is 4.31 Å². The van der Waals surface area contributed by atoms with Crippen molar-refractivity contribution in [2.75, 3.05) is 6.54 Å². The highest BCUT2D eigenvalue weighted by Gasteiger charge is 2.40. The van der Waals surface area contributed by atoms with E-state index in [4.69, 9.17) is 5.11 Å². The van der Waals surface area contributed by atoms with E-state index in [1.54, 1.807) is 0 Å². The van der Waals surface area contributed by atoms with Crippen LogP contribution in [0.15, 0.2) is 21.5 Å². The molecular formula is C11H10BrF2NO4S. The van der Waals surface area contributed by atoms with Crippen LogP contribution in [0.25, 0.3) is 0 Å². The summed E-state index contributed by atoms with van der Waals surface area (Å²) in [4.78, 5) is 10.2. The third-order valence-corrected chi connectivity index (χ3v) is 5.58. The van der Waals surface area contributed by atoms with Gasteiger partial charge in [-0.05, 0) is 40.9 Å². The van der Waals surface area contributed by atoms with E-state index in [1.807, 2.05) is 0 Å². The molecule has 5 nitrogen and oxygen atoms in total. The molecule has 0 spiro atoms. The van der Waals surface area contributed by atoms with E-state index in [1.165, 1.54) is 0 Å². The zero-order valence-electron chi connectivity index (χ0n) is 10.0. The van der Waals surface area contributed by atoms with Gasteiger partial charge in [0.05, 0.1) is 4.47 Å². The minimum Gasteiger partial charge on any atom is -0.480 e. The van der Waals surface area contributed by atoms with Crippen LogP contribution in [0, 0.1) is 11.6 Å². The summed E-state index contributed by atoms with van der Waals surface area (Å²) < 4.78 is 52.2. The van der Waals surface area contributed by atoms with Gasteiger partial charge in [-0.15, -0.1) is 0 Å². The van der Waals surface area contributed by atoms with Gasteiger partial charge in [-0.2, -0.15) is 4.31 Å². The Bertz CT molecular complexity index is 665. The van der Waals surface area contributed by atoms with Crippen LogP contribution < -0.4 is 0 Å². The van der Waals surface area contributed by atoms with Crippen LogP contribution in [0.5, 0.6) is 0 Å². The molecule has 1 saturated heterocycles. The monoisotopic (exact) mass is 369 g/mol. The second-order valence-corrected chi connectivity index (χ2v) is 7.02. The van der Waals surface area contributed by atoms with Crippen LogP contribution in [-0.4, -0.2) is 36.4 Å². The van der Waals surface area contributed by atoms with Crippen LogP contribution in [0.2, 0.25) is 0 Å². The topological polar surface area (TPSA) is 74.7 Å². The summed E-state index contributed by atoms with van der Waals surface area (Å²) in [7, 11) is -4.39. The molecule has 1 N–H and O–H groups in total. The minimum atomic E-state index is -4.39. The number of rotatable bonds is 3. The molecule has 0 amide bonds. The first kappa shape index (κ1) is 15.3. The lowest BCUT2D eigenvalue weighted by molar-refractivity contribution is -0.140. The predicted octanol–water partition coefficient (Wildman–Crippen LogP) is 1.96. The lowest BCUT2D eigenvalue weighted by Gasteiger charge is -2.21. The van der Waals surface area contributed by atoms with Crippen LogP contribution in [0.1, 0.15) is 12.8 Å². The summed E-state index contributed by atoms with van der Waals surface area (Å²) >= 11 is 2.75. The standard InChI is InChI=1S/C11H10BrF2NO4S/c12-6-4-8(14)10(5-7(6)13)20(18,19)15-3-1-2-9(15)11(16)17/h4-5,9H,1-3H2,(H,16,17). The van der Waals surface area contributed by atoms with Crippen LogP contribution in [-0.2, 0) is 14.8 Å². The molecule has 1 heterocycles. The minimum absolute atomic E-state index is 0.0313. The van der Waals surface area contributed by atoms with Crippen molar-refractivity contribution in [2.45, 2.75) is 23.8 Å². The number of aliphatic carboxylic acids is 1. The van der Waals surface area contributed by atoms with Gasteiger partial charge in [0.1, 0.15) is 22.6 Å². The fraction of sp³-hybridized carbons (Fsp3) is 0.364. The average molecular weight is 370 g/mol. The molecular weight excluding hydrogens is 360 g/mol. The Hall–Kier alpha value is -1.06. The number of carbonyl (C=O) groups is 1. The molecule has 1 aliphatic heterocycles. The van der Waals surface area contributed by atoms with E-state index in [0.717, 1.165) is 0 Å². The molecule has 1 aromatic rings. The Labute approximate surface area is 122 Å². The summed E-state index contributed by atoms with van der Waals surface area (Å²) in [5.74, 6) is -3.37. The maximum absolute atomic E-state index is 13.8. The van der Waals surface area contributed by atoms with E-state index in [2.05, 4.69) is 15.9 Å². The molecule has 1 atom stereocenters. The van der Waals surface area contributed by atoms with Gasteiger partial charge in [0, 0.05) is 6.54 Å². The molecule has 0 saturated carbocycles. The molecule has 2 rings (SSSR count). The zero-order chi connectivity index (χ0) is 15.1. The second-order valence-electron chi connectivity index (χ2n) is 4.31. The third-order valence-electron chi connectivity index (χ3n) is 3.05. The molecule has 110 valence electrons. The number of nitrogens with zero attached hydrogens (tertiary/aromatic N) is 1. The third kappa shape index (κ3) is 2.57. The van der Waals surface area contributed by atoms with Crippen molar-refractivity contribution in [3.05, 3.63) is 28.2 Å². The van der Waals surface area contributed by atoms with Gasteiger partial charge in [-0.3, -0.25) is 4.79 Å². The number of benzene rings is 1. The molecule has 0 aliphatic carbocycles. The van der Waals surface area contributed by atoms with E-state index in [9.17, 15) is 22.0 Å². The van der Waals surface area contributed by atoms with Crippen molar-refractivity contribution >= 4 is 31.9 Å². The molecule has 1 fully saturated rings. The molecule has 0 aromatic heterocycles. The lowest BCUT2D eigenvalue weighted by Crippen LogP contribution is -2.40. The van der Waals surface area contributed by atoms with Gasteiger partial charge in [-0.1, -0.05) is 0 Å². The Balaban J connectivity index is 2.50. The first-order valence-corrected chi connectivity index (χ1v) is 7.87. The second kappa shape index (κ2) is 5.38. The van der Waals surface area contributed by atoms with Gasteiger partial charge in [-0.25, -0.2) is 17.2 Å². The van der Waals surface area contributed by atoms with Gasteiger partial charge >= 0.3 is 5.97 Å². The Morgan fingerprint density at radius 3 is 2.60 bits per heavy atom. The summed E-state index contributed by atoms with van der Waals surface area (Å²) in [6.07, 6.45) is 0.506. The first-order valence-electron chi connectivity index (χ1n) is 5.64. The SMILES string of the molecule is O=C(O)C1CCCN1S(=O)(=O)c1cc(F)c(Br)cc1F. The molecule has 20 heavy (non-hydrogen) atoms. The molecule has 0 bridgehead atoms. The molecule has 1 aliphatic rings. The van der Waals surface area contributed by atoms with Gasteiger partial charge in [0.15, 0.2) is 0 Å². The quantitative estimate of drug-likeness (QED) is 0.826. The van der Waals surface area contributed by atoms with Crippen LogP contribution in [0.4, 0.5) is 8.78 Å². The number of sulfonamides is 1. The summed E-state index contributed by atoms with van der Waals surface area (Å²) in [6.45, 7) is -0.0313. The van der Waals surface area contributed by atoms with E-state index >= 15 is 0 Å². The van der Waals surface area contributed by atoms with E-state index in [-0.39, 0.29) is 17.4 Å². The van der Waals surface area contributed by atoms with E-state index < -0.39 is 38.6 Å². The van der Waals surface area contributed by atoms with Crippen molar-refractivity contribution in [3.63, 3.8) is 0 Å². The van der Waals surface area contributed by atoms with Crippen molar-refractivity contribution < 1.29 is 27.1 Å². The first-order chi connectivity index (χ1) is 9.25. The molecule has 0 radical (unpaired) electrons. The highest BCUT2D eigenvalue weighted by atomic mass is 79.9. The smallest absolute Gasteiger partial charge is 0.322 e. The Morgan fingerprint density at radius 1 is 1.35 bits per heavy atom. The van der Waals surface area contributed by atoms with Crippen molar-refractivity contribution in [2.24, 2.45) is 0 Å². The number of carboxylic acid groups (broad SMARTS) is 1. The Morgan fingerprint density at radius 2 is 2.00 bits per heavy atom. The van der Waals surface area contributed by atoms with E-state index in [0.29, 0.717) is 22.9 Å². The normalized spacial score (nSPS) is 20.2. The fourth-order valence-corrected chi connectivity index (χ4v) is 4.13. The maximum atomic E-state index is 13.8. The lowest BCUT2D eigenvalue weighted by atomic mass is 10.2. The zero-order valence-corrected chi connectivity index (χ0v) is 12.4. The predicted molar refractivity (Wildman–Crippen MR) is 68.6 cm³/mol. The number of hydrogen-bond acceptors (Lipinski definition) is 3. The van der Waals surface area contributed by atoms with Gasteiger partial charge in [0.2, 0.25) is 10.0 Å². The largest absolute Gasteiger partial charge is 0.480 e. The number of halogens is 3. The Kier molecular flexibility index (Phi) is 4.12. The van der Waals surface area contributed by atoms with Crippen molar-refractivity contribution in [3.8, 4) is 0 Å². The fourth-order valence-electron chi connectivity index (χ4n) is 2.10. The van der Waals surface area contributed by atoms with Gasteiger partial charge < -0.3 is 5.11 Å². The molecule has 1 unspecified atom stereocenters. The highest BCUT2D eigenvalue weighted by Crippen LogP contribution is 2.30. The van der Waals surface area contributed by atoms with Crippen LogP contribution >= 0.6 is 15.9 Å². The average Bonchev–Trinajstić information content (AvgIpc) is 2.83. The molecule has 1 aromatic carbocycles.